The van der Waals surface area contributed by atoms with E-state index < -0.39 is 28.9 Å². The minimum atomic E-state index is -1.29. The lowest BCUT2D eigenvalue weighted by molar-refractivity contribution is -0.146. The molecule has 2 aliphatic rings. The van der Waals surface area contributed by atoms with Crippen molar-refractivity contribution in [3.05, 3.63) is 66.0 Å². The highest BCUT2D eigenvalue weighted by Crippen LogP contribution is 2.35. The summed E-state index contributed by atoms with van der Waals surface area (Å²) < 4.78 is 5.83. The van der Waals surface area contributed by atoms with Gasteiger partial charge >= 0.3 is 6.03 Å². The van der Waals surface area contributed by atoms with Crippen molar-refractivity contribution < 1.29 is 23.9 Å². The van der Waals surface area contributed by atoms with Crippen LogP contribution < -0.4 is 11.1 Å². The Bertz CT molecular complexity index is 1200. The standard InChI is InChI=1S/C28H36N6O5/c1-4-33-25(37)28(16-21-12-8-9-13-30-21)19-32(14-15-34(28)26(33)38)23(35)22(31-24(36)27(2,3)29)18-39-17-20-10-6-5-7-11-20/h5-13,22H,4,14-19,29H2,1-3H3,(H,31,36)/t22-,28+/m1/s1. The van der Waals surface area contributed by atoms with E-state index in [1.165, 1.54) is 9.80 Å². The minimum Gasteiger partial charge on any atom is -0.374 e. The number of nitrogens with one attached hydrogen (secondary N) is 1. The molecule has 39 heavy (non-hydrogen) atoms. The first-order valence-electron chi connectivity index (χ1n) is 13.1. The van der Waals surface area contributed by atoms with Crippen molar-refractivity contribution in [1.29, 1.82) is 0 Å². The summed E-state index contributed by atoms with van der Waals surface area (Å²) in [5.74, 6) is -1.27. The summed E-state index contributed by atoms with van der Waals surface area (Å²) in [4.78, 5) is 62.1. The van der Waals surface area contributed by atoms with Crippen molar-refractivity contribution in [3.63, 3.8) is 0 Å². The number of fused-ring (bicyclic) bond motifs is 1. The molecule has 1 aromatic heterocycles. The molecule has 5 amide bonds. The molecule has 0 aliphatic carbocycles. The average Bonchev–Trinajstić information content (AvgIpc) is 3.13. The zero-order valence-electron chi connectivity index (χ0n) is 22.6. The molecule has 2 fully saturated rings. The van der Waals surface area contributed by atoms with Crippen LogP contribution in [0.3, 0.4) is 0 Å². The number of hydrogen-bond donors (Lipinski definition) is 2. The fourth-order valence-electron chi connectivity index (χ4n) is 4.96. The Labute approximate surface area is 228 Å². The molecule has 0 spiro atoms. The first-order valence-corrected chi connectivity index (χ1v) is 13.1. The van der Waals surface area contributed by atoms with Crippen LogP contribution in [-0.4, -0.2) is 93.3 Å². The van der Waals surface area contributed by atoms with Crippen LogP contribution in [0.4, 0.5) is 4.79 Å². The monoisotopic (exact) mass is 536 g/mol. The topological polar surface area (TPSA) is 138 Å². The molecule has 0 unspecified atom stereocenters. The molecule has 2 aliphatic heterocycles. The third-order valence-corrected chi connectivity index (χ3v) is 7.08. The lowest BCUT2D eigenvalue weighted by Gasteiger charge is -2.45. The van der Waals surface area contributed by atoms with Crippen molar-refractivity contribution in [3.8, 4) is 0 Å². The van der Waals surface area contributed by atoms with Crippen molar-refractivity contribution in [2.24, 2.45) is 5.73 Å². The van der Waals surface area contributed by atoms with Crippen LogP contribution >= 0.6 is 0 Å². The number of likely N-dealkylation sites (N-methyl/N-ethyl adjacent to an activating group) is 1. The van der Waals surface area contributed by atoms with Gasteiger partial charge in [0.25, 0.3) is 5.91 Å². The van der Waals surface area contributed by atoms with Crippen LogP contribution in [0.5, 0.6) is 0 Å². The lowest BCUT2D eigenvalue weighted by Crippen LogP contribution is -2.67. The normalized spacial score (nSPS) is 20.2. The SMILES string of the molecule is CCN1C(=O)N2CCN(C(=O)[C@@H](COCc3ccccc3)NC(=O)C(C)(C)N)C[C@@]2(Cc2ccccn2)C1=O. The molecule has 11 nitrogen and oxygen atoms in total. The molecule has 11 heteroatoms. The number of hydrogen-bond acceptors (Lipinski definition) is 7. The van der Waals surface area contributed by atoms with Crippen LogP contribution in [-0.2, 0) is 32.1 Å². The highest BCUT2D eigenvalue weighted by Gasteiger charge is 2.60. The highest BCUT2D eigenvalue weighted by molar-refractivity contribution is 6.08. The predicted octanol–water partition coefficient (Wildman–Crippen LogP) is 0.928. The number of urea groups is 1. The smallest absolute Gasteiger partial charge is 0.327 e. The second kappa shape index (κ2) is 11.5. The van der Waals surface area contributed by atoms with Gasteiger partial charge in [-0.2, -0.15) is 0 Å². The maximum absolute atomic E-state index is 13.9. The van der Waals surface area contributed by atoms with Crippen molar-refractivity contribution in [2.45, 2.75) is 50.9 Å². The summed E-state index contributed by atoms with van der Waals surface area (Å²) in [7, 11) is 0. The molecule has 2 aromatic rings. The largest absolute Gasteiger partial charge is 0.374 e. The third kappa shape index (κ3) is 5.94. The van der Waals surface area contributed by atoms with Gasteiger partial charge in [-0.05, 0) is 38.5 Å². The van der Waals surface area contributed by atoms with Gasteiger partial charge in [0, 0.05) is 37.9 Å². The maximum Gasteiger partial charge on any atom is 0.327 e. The summed E-state index contributed by atoms with van der Waals surface area (Å²) in [5.41, 5.74) is 5.04. The Morgan fingerprint density at radius 1 is 1.13 bits per heavy atom. The van der Waals surface area contributed by atoms with Crippen molar-refractivity contribution in [1.82, 2.24) is 25.0 Å². The molecule has 2 atom stereocenters. The number of pyridine rings is 1. The minimum absolute atomic E-state index is 0.0272. The van der Waals surface area contributed by atoms with Crippen LogP contribution in [0.25, 0.3) is 0 Å². The maximum atomic E-state index is 13.9. The molecular weight excluding hydrogens is 500 g/mol. The summed E-state index contributed by atoms with van der Waals surface area (Å²) >= 11 is 0. The zero-order chi connectivity index (χ0) is 28.2. The summed E-state index contributed by atoms with van der Waals surface area (Å²) in [6.07, 6.45) is 1.79. The van der Waals surface area contributed by atoms with E-state index in [0.717, 1.165) is 5.56 Å². The highest BCUT2D eigenvalue weighted by atomic mass is 16.5. The molecule has 4 rings (SSSR count). The second-order valence-corrected chi connectivity index (χ2v) is 10.5. The Morgan fingerprint density at radius 3 is 2.49 bits per heavy atom. The van der Waals surface area contributed by atoms with E-state index in [9.17, 15) is 19.2 Å². The number of benzene rings is 1. The van der Waals surface area contributed by atoms with Crippen LogP contribution in [0.15, 0.2) is 54.7 Å². The van der Waals surface area contributed by atoms with Gasteiger partial charge in [-0.3, -0.25) is 24.3 Å². The van der Waals surface area contributed by atoms with E-state index in [0.29, 0.717) is 5.69 Å². The fourth-order valence-corrected chi connectivity index (χ4v) is 4.96. The number of ether oxygens (including phenoxy) is 1. The Hall–Kier alpha value is -3.83. The van der Waals surface area contributed by atoms with E-state index in [2.05, 4.69) is 10.3 Å². The van der Waals surface area contributed by atoms with Crippen LogP contribution in [0.2, 0.25) is 0 Å². The molecule has 3 heterocycles. The van der Waals surface area contributed by atoms with Crippen LogP contribution in [0.1, 0.15) is 32.0 Å². The molecule has 208 valence electrons. The van der Waals surface area contributed by atoms with Crippen molar-refractivity contribution in [2.75, 3.05) is 32.8 Å². The van der Waals surface area contributed by atoms with Gasteiger partial charge in [-0.25, -0.2) is 4.79 Å². The second-order valence-electron chi connectivity index (χ2n) is 10.5. The van der Waals surface area contributed by atoms with Gasteiger partial charge in [0.1, 0.15) is 11.6 Å². The summed E-state index contributed by atoms with van der Waals surface area (Å²) in [6, 6.07) is 13.5. The number of amides is 5. The summed E-state index contributed by atoms with van der Waals surface area (Å²) in [5, 5.41) is 2.73. The Balaban J connectivity index is 1.58. The quantitative estimate of drug-likeness (QED) is 0.431. The number of nitrogens with two attached hydrogens (primary N) is 1. The van der Waals surface area contributed by atoms with Gasteiger partial charge in [0.15, 0.2) is 0 Å². The van der Waals surface area contributed by atoms with Gasteiger partial charge in [0.05, 0.1) is 25.3 Å². The van der Waals surface area contributed by atoms with E-state index in [4.69, 9.17) is 10.5 Å². The van der Waals surface area contributed by atoms with Gasteiger partial charge in [0.2, 0.25) is 11.8 Å². The predicted molar refractivity (Wildman–Crippen MR) is 143 cm³/mol. The van der Waals surface area contributed by atoms with Gasteiger partial charge < -0.3 is 25.6 Å². The molecule has 0 bridgehead atoms. The van der Waals surface area contributed by atoms with Crippen LogP contribution in [0, 0.1) is 0 Å². The number of carbonyl (C=O) groups excluding carboxylic acids is 4. The van der Waals surface area contributed by atoms with Gasteiger partial charge in [-0.15, -0.1) is 0 Å². The number of rotatable bonds is 10. The first-order chi connectivity index (χ1) is 18.6. The van der Waals surface area contributed by atoms with Gasteiger partial charge in [-0.1, -0.05) is 36.4 Å². The number of carbonyl (C=O) groups is 4. The van der Waals surface area contributed by atoms with E-state index in [1.54, 1.807) is 44.0 Å². The van der Waals surface area contributed by atoms with E-state index >= 15 is 0 Å². The third-order valence-electron chi connectivity index (χ3n) is 7.08. The molecule has 0 saturated carbocycles. The number of imide groups is 1. The fraction of sp³-hybridized carbons (Fsp3) is 0.464. The average molecular weight is 537 g/mol. The Morgan fingerprint density at radius 2 is 1.85 bits per heavy atom. The summed E-state index contributed by atoms with van der Waals surface area (Å²) in [6.45, 7) is 5.60. The van der Waals surface area contributed by atoms with Crippen molar-refractivity contribution >= 4 is 23.8 Å². The molecule has 2 saturated heterocycles. The number of aromatic nitrogens is 1. The number of nitrogens with zero attached hydrogens (tertiary/aromatic N) is 4. The molecular formula is C28H36N6O5. The van der Waals surface area contributed by atoms with E-state index in [1.807, 2.05) is 36.4 Å². The van der Waals surface area contributed by atoms with E-state index in [-0.39, 0.29) is 57.8 Å². The molecule has 1 aromatic carbocycles. The molecule has 0 radical (unpaired) electrons. The lowest BCUT2D eigenvalue weighted by atomic mass is 9.88. The Kier molecular flexibility index (Phi) is 8.31. The molecule has 3 N–H and O–H groups in total. The first kappa shape index (κ1) is 28.2. The zero-order valence-corrected chi connectivity index (χ0v) is 22.6. The number of piperazine rings is 1.